The van der Waals surface area contributed by atoms with Crippen LogP contribution in [0.15, 0.2) is 30.6 Å². The normalized spacial score (nSPS) is 14.1. The van der Waals surface area contributed by atoms with Gasteiger partial charge in [-0.25, -0.2) is 18.4 Å². The molecule has 202 valence electrons. The topological polar surface area (TPSA) is 140 Å². The highest BCUT2D eigenvalue weighted by atomic mass is 35.5. The van der Waals surface area contributed by atoms with E-state index in [0.717, 1.165) is 6.42 Å². The highest BCUT2D eigenvalue weighted by molar-refractivity contribution is 7.93. The van der Waals surface area contributed by atoms with Crippen LogP contribution < -0.4 is 14.2 Å². The van der Waals surface area contributed by atoms with Gasteiger partial charge in [-0.15, -0.1) is 10.2 Å². The van der Waals surface area contributed by atoms with Gasteiger partial charge < -0.3 is 18.9 Å². The van der Waals surface area contributed by atoms with Gasteiger partial charge >= 0.3 is 0 Å². The predicted molar refractivity (Wildman–Crippen MR) is 138 cm³/mol. The van der Waals surface area contributed by atoms with E-state index >= 15 is 0 Å². The average molecular weight is 555 g/mol. The molecule has 0 aliphatic heterocycles. The second-order valence-corrected chi connectivity index (χ2v) is 10.6. The lowest BCUT2D eigenvalue weighted by Gasteiger charge is -2.23. The molecule has 14 heteroatoms. The summed E-state index contributed by atoms with van der Waals surface area (Å²) in [6, 6.07) is 5.19. The van der Waals surface area contributed by atoms with Crippen LogP contribution in [0.3, 0.4) is 0 Å². The minimum atomic E-state index is -4.11. The van der Waals surface area contributed by atoms with Gasteiger partial charge in [-0.3, -0.25) is 9.29 Å². The lowest BCUT2D eigenvalue weighted by atomic mass is 10.2. The number of benzene rings is 1. The maximum absolute atomic E-state index is 13.5. The van der Waals surface area contributed by atoms with E-state index in [1.807, 2.05) is 13.8 Å². The van der Waals surface area contributed by atoms with Crippen LogP contribution >= 0.6 is 11.6 Å². The smallest absolute Gasteiger partial charge is 0.243 e. The van der Waals surface area contributed by atoms with Gasteiger partial charge in [0.2, 0.25) is 16.0 Å². The van der Waals surface area contributed by atoms with E-state index in [2.05, 4.69) is 24.9 Å². The van der Waals surface area contributed by atoms with E-state index in [9.17, 15) is 8.42 Å². The van der Waals surface area contributed by atoms with Gasteiger partial charge in [-0.05, 0) is 32.4 Å². The Morgan fingerprint density at radius 2 is 1.68 bits per heavy atom. The molecular weight excluding hydrogens is 524 g/mol. The van der Waals surface area contributed by atoms with Crippen molar-refractivity contribution in [3.8, 4) is 17.2 Å². The van der Waals surface area contributed by atoms with Crippen molar-refractivity contribution in [1.29, 1.82) is 0 Å². The fourth-order valence-corrected chi connectivity index (χ4v) is 4.69. The molecule has 0 spiro atoms. The predicted octanol–water partition coefficient (Wildman–Crippen LogP) is 3.56. The number of sulfonamides is 1. The summed E-state index contributed by atoms with van der Waals surface area (Å²) in [6.07, 6.45) is 2.49. The van der Waals surface area contributed by atoms with Crippen molar-refractivity contribution in [2.45, 2.75) is 51.3 Å². The van der Waals surface area contributed by atoms with Crippen LogP contribution in [0.1, 0.15) is 44.9 Å². The zero-order valence-corrected chi connectivity index (χ0v) is 23.1. The molecule has 3 atom stereocenters. The molecule has 0 fully saturated rings. The first-order valence-corrected chi connectivity index (χ1v) is 13.4. The third-order valence-corrected chi connectivity index (χ3v) is 7.61. The van der Waals surface area contributed by atoms with Crippen LogP contribution in [0.4, 0.5) is 5.95 Å². The fraction of sp³-hybridized carbons (Fsp3) is 0.478. The van der Waals surface area contributed by atoms with Gasteiger partial charge in [-0.1, -0.05) is 24.6 Å². The number of anilines is 1. The largest absolute Gasteiger partial charge is 0.494 e. The van der Waals surface area contributed by atoms with Crippen molar-refractivity contribution in [1.82, 2.24) is 24.7 Å². The summed E-state index contributed by atoms with van der Waals surface area (Å²) >= 11 is 5.87. The highest BCUT2D eigenvalue weighted by Crippen LogP contribution is 2.36. The summed E-state index contributed by atoms with van der Waals surface area (Å²) in [6.45, 7) is 5.47. The van der Waals surface area contributed by atoms with Crippen molar-refractivity contribution < 1.29 is 27.4 Å². The standard InChI is InChI=1S/C23H31ClN6O6S/c1-7-14(2)36-13-19-27-28-23(30(19)20-17(33-4)9-8-10-18(20)34-5)29-37(31,32)15(3)21(35-6)22-25-11-16(24)12-26-22/h8-12,14-15,21H,7,13H2,1-6H3,(H,28,29)/t14-,15+,21+/m1/s1. The second-order valence-electron chi connectivity index (χ2n) is 8.08. The van der Waals surface area contributed by atoms with Gasteiger partial charge in [-0.2, -0.15) is 0 Å². The number of aromatic nitrogens is 5. The van der Waals surface area contributed by atoms with Crippen LogP contribution in [0.25, 0.3) is 5.69 Å². The molecule has 0 aliphatic carbocycles. The zero-order chi connectivity index (χ0) is 27.2. The number of nitrogens with zero attached hydrogens (tertiary/aromatic N) is 5. The molecule has 2 aromatic heterocycles. The summed E-state index contributed by atoms with van der Waals surface area (Å²) in [5, 5.41) is 7.53. The molecule has 0 radical (unpaired) electrons. The van der Waals surface area contributed by atoms with Gasteiger partial charge in [0.1, 0.15) is 35.1 Å². The molecule has 0 saturated heterocycles. The Labute approximate surface area is 221 Å². The molecular formula is C23H31ClN6O6S. The molecule has 37 heavy (non-hydrogen) atoms. The van der Waals surface area contributed by atoms with Gasteiger partial charge in [0.15, 0.2) is 11.6 Å². The Bertz CT molecular complexity index is 1270. The molecule has 3 aromatic rings. The van der Waals surface area contributed by atoms with Crippen molar-refractivity contribution in [2.75, 3.05) is 26.1 Å². The lowest BCUT2D eigenvalue weighted by molar-refractivity contribution is 0.0459. The van der Waals surface area contributed by atoms with Crippen LogP contribution in [0, 0.1) is 0 Å². The number of rotatable bonds is 13. The minimum Gasteiger partial charge on any atom is -0.494 e. The molecule has 2 heterocycles. The highest BCUT2D eigenvalue weighted by Gasteiger charge is 2.35. The molecule has 0 unspecified atom stereocenters. The molecule has 0 aliphatic rings. The summed E-state index contributed by atoms with van der Waals surface area (Å²) in [7, 11) is 0.266. The van der Waals surface area contributed by atoms with Crippen molar-refractivity contribution >= 4 is 27.6 Å². The van der Waals surface area contributed by atoms with E-state index in [1.54, 1.807) is 18.2 Å². The molecule has 1 aromatic carbocycles. The molecule has 0 amide bonds. The van der Waals surface area contributed by atoms with Crippen molar-refractivity contribution in [3.63, 3.8) is 0 Å². The first-order valence-electron chi connectivity index (χ1n) is 11.5. The molecule has 1 N–H and O–H groups in total. The van der Waals surface area contributed by atoms with Crippen LogP contribution in [0.2, 0.25) is 5.02 Å². The lowest BCUT2D eigenvalue weighted by Crippen LogP contribution is -2.33. The summed E-state index contributed by atoms with van der Waals surface area (Å²) < 4.78 is 53.5. The van der Waals surface area contributed by atoms with Crippen LogP contribution in [-0.4, -0.2) is 65.8 Å². The first kappa shape index (κ1) is 28.6. The number of ether oxygens (including phenoxy) is 4. The SMILES string of the molecule is CC[C@@H](C)OCc1nnc(NS(=O)(=O)[C@@H](C)[C@H](OC)c2ncc(Cl)cn2)n1-c1c(OC)cccc1OC. The molecule has 12 nitrogen and oxygen atoms in total. The maximum Gasteiger partial charge on any atom is 0.243 e. The van der Waals surface area contributed by atoms with E-state index in [1.165, 1.54) is 45.2 Å². The summed E-state index contributed by atoms with van der Waals surface area (Å²) in [5.41, 5.74) is 0.412. The quantitative estimate of drug-likeness (QED) is 0.333. The number of nitrogens with one attached hydrogen (secondary N) is 1. The summed E-state index contributed by atoms with van der Waals surface area (Å²) in [5.74, 6) is 1.27. The number of hydrogen-bond donors (Lipinski definition) is 1. The van der Waals surface area contributed by atoms with Crippen LogP contribution in [0.5, 0.6) is 11.5 Å². The van der Waals surface area contributed by atoms with E-state index in [-0.39, 0.29) is 24.5 Å². The molecule has 3 rings (SSSR count). The Balaban J connectivity index is 2.06. The maximum atomic E-state index is 13.5. The van der Waals surface area contributed by atoms with E-state index in [0.29, 0.717) is 28.0 Å². The minimum absolute atomic E-state index is 0.0493. The Kier molecular flexibility index (Phi) is 9.65. The van der Waals surface area contributed by atoms with Gasteiger partial charge in [0.05, 0.1) is 25.3 Å². The third kappa shape index (κ3) is 6.47. The zero-order valence-electron chi connectivity index (χ0n) is 21.5. The number of halogens is 1. The first-order chi connectivity index (χ1) is 17.7. The van der Waals surface area contributed by atoms with Crippen molar-refractivity contribution in [2.24, 2.45) is 0 Å². The molecule has 0 saturated carbocycles. The van der Waals surface area contributed by atoms with Gasteiger partial charge in [0.25, 0.3) is 0 Å². The Morgan fingerprint density at radius 1 is 1.05 bits per heavy atom. The monoisotopic (exact) mass is 554 g/mol. The average Bonchev–Trinajstić information content (AvgIpc) is 3.28. The van der Waals surface area contributed by atoms with Crippen LogP contribution in [-0.2, 0) is 26.1 Å². The number of hydrogen-bond acceptors (Lipinski definition) is 10. The van der Waals surface area contributed by atoms with E-state index in [4.69, 9.17) is 30.5 Å². The Morgan fingerprint density at radius 3 is 2.22 bits per heavy atom. The Hall–Kier alpha value is -3.00. The number of methoxy groups -OCH3 is 3. The molecule has 0 bridgehead atoms. The second kappa shape index (κ2) is 12.5. The van der Waals surface area contributed by atoms with Gasteiger partial charge in [0, 0.05) is 19.5 Å². The van der Waals surface area contributed by atoms with Crippen molar-refractivity contribution in [3.05, 3.63) is 47.3 Å². The number of para-hydroxylation sites is 1. The third-order valence-electron chi connectivity index (χ3n) is 5.73. The fourth-order valence-electron chi connectivity index (χ4n) is 3.46. The summed E-state index contributed by atoms with van der Waals surface area (Å²) in [4.78, 5) is 8.22. The van der Waals surface area contributed by atoms with E-state index < -0.39 is 21.4 Å².